The van der Waals surface area contributed by atoms with Crippen LogP contribution in [0.5, 0.6) is 5.75 Å². The van der Waals surface area contributed by atoms with Crippen LogP contribution in [0.25, 0.3) is 0 Å². The number of hydrogen-bond donors (Lipinski definition) is 1. The SMILES string of the molecule is COc1cccc(C2=NS(=O)(=O)N(C)C(C(=O)Nc3ccc(F)cc3F)=C2)c1. The number of allylic oxidation sites excluding steroid dienone is 1. The van der Waals surface area contributed by atoms with Crippen LogP contribution in [0.3, 0.4) is 0 Å². The highest BCUT2D eigenvalue weighted by molar-refractivity contribution is 7.88. The van der Waals surface area contributed by atoms with E-state index in [0.717, 1.165) is 19.2 Å². The topological polar surface area (TPSA) is 88.1 Å². The third kappa shape index (κ3) is 3.86. The molecule has 1 amide bonds. The first kappa shape index (κ1) is 19.5. The highest BCUT2D eigenvalue weighted by Gasteiger charge is 2.30. The molecule has 1 N–H and O–H groups in total. The van der Waals surface area contributed by atoms with Gasteiger partial charge >= 0.3 is 10.2 Å². The van der Waals surface area contributed by atoms with Gasteiger partial charge in [0.15, 0.2) is 0 Å². The molecule has 0 unspecified atom stereocenters. The van der Waals surface area contributed by atoms with Crippen molar-refractivity contribution in [1.82, 2.24) is 4.31 Å². The first-order chi connectivity index (χ1) is 13.2. The minimum Gasteiger partial charge on any atom is -0.497 e. The van der Waals surface area contributed by atoms with Gasteiger partial charge in [-0.15, -0.1) is 4.40 Å². The Morgan fingerprint density at radius 2 is 1.93 bits per heavy atom. The molecule has 0 spiro atoms. The zero-order chi connectivity index (χ0) is 20.5. The van der Waals surface area contributed by atoms with Gasteiger partial charge in [-0.3, -0.25) is 4.79 Å². The number of benzene rings is 2. The molecule has 1 aliphatic heterocycles. The first-order valence-electron chi connectivity index (χ1n) is 7.92. The molecule has 0 fully saturated rings. The van der Waals surface area contributed by atoms with E-state index in [1.807, 2.05) is 0 Å². The molecule has 7 nitrogen and oxygen atoms in total. The molecule has 2 aromatic rings. The number of rotatable bonds is 4. The van der Waals surface area contributed by atoms with Crippen molar-refractivity contribution in [1.29, 1.82) is 0 Å². The van der Waals surface area contributed by atoms with E-state index in [2.05, 4.69) is 9.71 Å². The Bertz CT molecular complexity index is 1110. The minimum absolute atomic E-state index is 0.0155. The molecule has 2 aromatic carbocycles. The number of nitrogens with zero attached hydrogens (tertiary/aromatic N) is 2. The second-order valence-corrected chi connectivity index (χ2v) is 7.39. The molecular weight excluding hydrogens is 392 g/mol. The lowest BCUT2D eigenvalue weighted by atomic mass is 10.1. The fourth-order valence-corrected chi connectivity index (χ4v) is 3.37. The molecule has 0 bridgehead atoms. The summed E-state index contributed by atoms with van der Waals surface area (Å²) >= 11 is 0. The van der Waals surface area contributed by atoms with Gasteiger partial charge in [-0.2, -0.15) is 8.42 Å². The Labute approximate surface area is 160 Å². The van der Waals surface area contributed by atoms with Crippen LogP contribution >= 0.6 is 0 Å². The van der Waals surface area contributed by atoms with Gasteiger partial charge in [0, 0.05) is 18.7 Å². The number of methoxy groups -OCH3 is 1. The summed E-state index contributed by atoms with van der Waals surface area (Å²) < 4.78 is 61.0. The van der Waals surface area contributed by atoms with E-state index in [1.165, 1.54) is 13.2 Å². The standard InChI is InChI=1S/C18H15F2N3O4S/c1-23-17(18(24)21-15-7-6-12(19)9-14(15)20)10-16(22-28(23,25)26)11-4-3-5-13(8-11)27-2/h3-10H,1-2H3,(H,21,24). The van der Waals surface area contributed by atoms with Crippen molar-refractivity contribution in [3.8, 4) is 5.75 Å². The summed E-state index contributed by atoms with van der Waals surface area (Å²) in [4.78, 5) is 12.6. The van der Waals surface area contributed by atoms with Gasteiger partial charge in [0.25, 0.3) is 5.91 Å². The van der Waals surface area contributed by atoms with Crippen molar-refractivity contribution in [2.75, 3.05) is 19.5 Å². The van der Waals surface area contributed by atoms with Gasteiger partial charge < -0.3 is 10.1 Å². The van der Waals surface area contributed by atoms with Crippen LogP contribution in [0.2, 0.25) is 0 Å². The number of likely N-dealkylation sites (N-methyl/N-ethyl adjacent to an activating group) is 1. The summed E-state index contributed by atoms with van der Waals surface area (Å²) in [6, 6.07) is 9.09. The number of halogens is 2. The van der Waals surface area contributed by atoms with E-state index >= 15 is 0 Å². The lowest BCUT2D eigenvalue weighted by Crippen LogP contribution is -2.35. The zero-order valence-corrected chi connectivity index (χ0v) is 15.6. The molecular formula is C18H15F2N3O4S. The van der Waals surface area contributed by atoms with Crippen LogP contribution in [0.4, 0.5) is 14.5 Å². The average Bonchev–Trinajstić information content (AvgIpc) is 2.66. The Balaban J connectivity index is 1.99. The summed E-state index contributed by atoms with van der Waals surface area (Å²) in [7, 11) is -1.58. The molecule has 3 rings (SSSR count). The number of amides is 1. The molecule has 28 heavy (non-hydrogen) atoms. The fraction of sp³-hybridized carbons (Fsp3) is 0.111. The summed E-state index contributed by atoms with van der Waals surface area (Å²) in [6.45, 7) is 0. The lowest BCUT2D eigenvalue weighted by molar-refractivity contribution is -0.113. The van der Waals surface area contributed by atoms with Crippen molar-refractivity contribution in [2.24, 2.45) is 4.40 Å². The highest BCUT2D eigenvalue weighted by Crippen LogP contribution is 2.23. The quantitative estimate of drug-likeness (QED) is 0.844. The van der Waals surface area contributed by atoms with E-state index in [0.29, 0.717) is 21.7 Å². The number of carbonyl (C=O) groups excluding carboxylic acids is 1. The summed E-state index contributed by atoms with van der Waals surface area (Å²) in [6.07, 6.45) is 1.26. The molecule has 0 aromatic heterocycles. The van der Waals surface area contributed by atoms with Crippen molar-refractivity contribution < 1.29 is 26.7 Å². The molecule has 1 heterocycles. The number of anilines is 1. The first-order valence-corrected chi connectivity index (χ1v) is 9.32. The molecule has 0 saturated carbocycles. The lowest BCUT2D eigenvalue weighted by Gasteiger charge is -2.23. The molecule has 146 valence electrons. The minimum atomic E-state index is -4.18. The number of carbonyl (C=O) groups is 1. The number of hydrogen-bond acceptors (Lipinski definition) is 4. The van der Waals surface area contributed by atoms with E-state index in [4.69, 9.17) is 4.74 Å². The van der Waals surface area contributed by atoms with Crippen molar-refractivity contribution in [3.63, 3.8) is 0 Å². The second kappa shape index (κ2) is 7.39. The van der Waals surface area contributed by atoms with Gasteiger partial charge in [0.2, 0.25) is 0 Å². The van der Waals surface area contributed by atoms with Crippen molar-refractivity contribution in [3.05, 3.63) is 71.4 Å². The smallest absolute Gasteiger partial charge is 0.345 e. The van der Waals surface area contributed by atoms with E-state index in [1.54, 1.807) is 24.3 Å². The van der Waals surface area contributed by atoms with Gasteiger partial charge in [-0.25, -0.2) is 13.1 Å². The summed E-state index contributed by atoms with van der Waals surface area (Å²) in [5.41, 5.74) is -0.142. The molecule has 0 radical (unpaired) electrons. The molecule has 0 atom stereocenters. The molecule has 0 saturated heterocycles. The van der Waals surface area contributed by atoms with Gasteiger partial charge in [-0.05, 0) is 30.3 Å². The van der Waals surface area contributed by atoms with Crippen molar-refractivity contribution in [2.45, 2.75) is 0 Å². The predicted octanol–water partition coefficient (Wildman–Crippen LogP) is 2.48. The predicted molar refractivity (Wildman–Crippen MR) is 99.3 cm³/mol. The summed E-state index contributed by atoms with van der Waals surface area (Å²) in [5, 5.41) is 2.24. The number of ether oxygens (including phenoxy) is 1. The van der Waals surface area contributed by atoms with Gasteiger partial charge in [0.05, 0.1) is 18.5 Å². The largest absolute Gasteiger partial charge is 0.497 e. The number of nitrogens with one attached hydrogen (secondary N) is 1. The van der Waals surface area contributed by atoms with E-state index in [-0.39, 0.29) is 17.1 Å². The van der Waals surface area contributed by atoms with Crippen LogP contribution in [0.15, 0.2) is 58.6 Å². The van der Waals surface area contributed by atoms with Crippen LogP contribution < -0.4 is 10.1 Å². The maximum Gasteiger partial charge on any atom is 0.345 e. The Hall–Kier alpha value is -3.27. The average molecular weight is 407 g/mol. The van der Waals surface area contributed by atoms with Crippen LogP contribution in [0, 0.1) is 11.6 Å². The molecule has 0 aliphatic carbocycles. The van der Waals surface area contributed by atoms with Gasteiger partial charge in [-0.1, -0.05) is 12.1 Å². The Morgan fingerprint density at radius 1 is 1.18 bits per heavy atom. The van der Waals surface area contributed by atoms with Gasteiger partial charge in [0.1, 0.15) is 23.1 Å². The van der Waals surface area contributed by atoms with Crippen LogP contribution in [-0.4, -0.2) is 38.5 Å². The Morgan fingerprint density at radius 3 is 2.61 bits per heavy atom. The van der Waals surface area contributed by atoms with Crippen LogP contribution in [-0.2, 0) is 15.0 Å². The third-order valence-electron chi connectivity index (χ3n) is 3.95. The van der Waals surface area contributed by atoms with Crippen molar-refractivity contribution >= 4 is 27.5 Å². The van der Waals surface area contributed by atoms with E-state index in [9.17, 15) is 22.0 Å². The molecule has 10 heteroatoms. The third-order valence-corrected chi connectivity index (χ3v) is 5.27. The highest BCUT2D eigenvalue weighted by atomic mass is 32.2. The normalized spacial score (nSPS) is 15.5. The molecule has 1 aliphatic rings. The second-order valence-electron chi connectivity index (χ2n) is 5.76. The Kier molecular flexibility index (Phi) is 5.14. The van der Waals surface area contributed by atoms with E-state index < -0.39 is 27.8 Å². The summed E-state index contributed by atoms with van der Waals surface area (Å²) in [5.74, 6) is -2.22. The monoisotopic (exact) mass is 407 g/mol. The maximum atomic E-state index is 13.8. The van der Waals surface area contributed by atoms with Crippen LogP contribution in [0.1, 0.15) is 5.56 Å². The maximum absolute atomic E-state index is 13.8. The zero-order valence-electron chi connectivity index (χ0n) is 14.8. The fourth-order valence-electron chi connectivity index (χ4n) is 2.46.